The molecule has 0 fully saturated rings. The molecule has 0 amide bonds. The second-order valence-corrected chi connectivity index (χ2v) is 2.45. The van der Waals surface area contributed by atoms with Crippen LogP contribution in [0.15, 0.2) is 24.3 Å². The molecule has 0 aromatic rings. The number of rotatable bonds is 0. The molecule has 1 rings (SSSR count). The van der Waals surface area contributed by atoms with Gasteiger partial charge in [-0.15, -0.1) is 11.6 Å². The Balaban J connectivity index is 2.81. The number of carbonyl (C=O) groups excluding carboxylic acids is 1. The molecule has 0 aliphatic heterocycles. The molecule has 9 heavy (non-hydrogen) atoms. The summed E-state index contributed by atoms with van der Waals surface area (Å²) in [5.74, 6) is 0.0455. The molecule has 1 aliphatic carbocycles. The Hall–Kier alpha value is -0.560. The molecule has 1 nitrogen and oxygen atoms in total. The predicted molar refractivity (Wildman–Crippen MR) is 37.5 cm³/mol. The van der Waals surface area contributed by atoms with Gasteiger partial charge in [0.05, 0.1) is 0 Å². The minimum Gasteiger partial charge on any atom is -0.297 e. The molecule has 1 atom stereocenters. The van der Waals surface area contributed by atoms with Crippen LogP contribution in [0, 0.1) is 0 Å². The molecule has 2 heteroatoms. The van der Waals surface area contributed by atoms with E-state index < -0.39 is 5.38 Å². The summed E-state index contributed by atoms with van der Waals surface area (Å²) in [6.45, 7) is 3.61. The van der Waals surface area contributed by atoms with E-state index in [0.717, 1.165) is 0 Å². The summed E-state index contributed by atoms with van der Waals surface area (Å²) >= 11 is 5.62. The van der Waals surface area contributed by atoms with Crippen molar-refractivity contribution >= 4 is 17.4 Å². The summed E-state index contributed by atoms with van der Waals surface area (Å²) in [6, 6.07) is 0. The van der Waals surface area contributed by atoms with E-state index in [4.69, 9.17) is 11.6 Å². The lowest BCUT2D eigenvalue weighted by molar-refractivity contribution is -0.117. The molecule has 0 N–H and O–H groups in total. The maximum atomic E-state index is 10.8. The third-order valence-corrected chi connectivity index (χ3v) is 1.78. The molecule has 0 radical (unpaired) electrons. The number of allylic oxidation sites excluding steroid dienone is 3. The predicted octanol–water partition coefficient (Wildman–Crippen LogP) is 1.68. The van der Waals surface area contributed by atoms with Crippen molar-refractivity contribution in [1.82, 2.24) is 0 Å². The number of alkyl halides is 1. The molecule has 0 spiro atoms. The zero-order valence-corrected chi connectivity index (χ0v) is 5.69. The first kappa shape index (κ1) is 6.56. The van der Waals surface area contributed by atoms with Gasteiger partial charge in [0.2, 0.25) is 0 Å². The third-order valence-electron chi connectivity index (χ3n) is 1.26. The number of hydrogen-bond acceptors (Lipinski definition) is 1. The van der Waals surface area contributed by atoms with Crippen molar-refractivity contribution in [2.24, 2.45) is 0 Å². The minimum atomic E-state index is -0.477. The van der Waals surface area contributed by atoms with Crippen LogP contribution in [0.2, 0.25) is 0 Å². The fraction of sp³-hybridized carbons (Fsp3) is 0.286. The number of halogens is 1. The van der Waals surface area contributed by atoms with Crippen LogP contribution in [-0.2, 0) is 4.79 Å². The van der Waals surface area contributed by atoms with Crippen LogP contribution >= 0.6 is 11.6 Å². The maximum absolute atomic E-state index is 10.8. The molecular formula is C7H7ClO. The normalized spacial score (nSPS) is 27.0. The average molecular weight is 143 g/mol. The van der Waals surface area contributed by atoms with Gasteiger partial charge in [0.1, 0.15) is 5.38 Å². The number of hydrogen-bond donors (Lipinski definition) is 0. The molecule has 0 bridgehead atoms. The van der Waals surface area contributed by atoms with E-state index in [-0.39, 0.29) is 5.78 Å². The second-order valence-electron chi connectivity index (χ2n) is 2.01. The zero-order chi connectivity index (χ0) is 6.85. The Morgan fingerprint density at radius 1 is 1.78 bits per heavy atom. The van der Waals surface area contributed by atoms with Gasteiger partial charge in [0.15, 0.2) is 5.78 Å². The molecule has 0 saturated heterocycles. The van der Waals surface area contributed by atoms with Gasteiger partial charge in [0, 0.05) is 6.42 Å². The number of Topliss-reactive ketones (excluding diaryl/α,β-unsaturated/α-hetero) is 1. The lowest BCUT2D eigenvalue weighted by Gasteiger charge is -2.10. The minimum absolute atomic E-state index is 0.0455. The van der Waals surface area contributed by atoms with Gasteiger partial charge in [-0.2, -0.15) is 0 Å². The van der Waals surface area contributed by atoms with E-state index in [1.807, 2.05) is 0 Å². The quantitative estimate of drug-likeness (QED) is 0.471. The van der Waals surface area contributed by atoms with Crippen molar-refractivity contribution in [3.05, 3.63) is 24.3 Å². The number of ketones is 1. The highest BCUT2D eigenvalue weighted by atomic mass is 35.5. The highest BCUT2D eigenvalue weighted by Crippen LogP contribution is 2.17. The highest BCUT2D eigenvalue weighted by molar-refractivity contribution is 6.33. The smallest absolute Gasteiger partial charge is 0.158 e. The topological polar surface area (TPSA) is 17.1 Å². The van der Waals surface area contributed by atoms with E-state index in [2.05, 4.69) is 6.58 Å². The standard InChI is InChI=1S/C7H7ClO/c1-5-3-2-4-6(9)7(5)8/h2-3,7H,1,4H2. The SMILES string of the molecule is C=C1C=CCC(=O)C1Cl. The summed E-state index contributed by atoms with van der Waals surface area (Å²) in [5.41, 5.74) is 0.702. The van der Waals surface area contributed by atoms with Crippen LogP contribution in [0.1, 0.15) is 6.42 Å². The van der Waals surface area contributed by atoms with Gasteiger partial charge in [-0.3, -0.25) is 4.79 Å². The van der Waals surface area contributed by atoms with Crippen LogP contribution in [-0.4, -0.2) is 11.2 Å². The van der Waals surface area contributed by atoms with Crippen LogP contribution in [0.25, 0.3) is 0 Å². The fourth-order valence-electron chi connectivity index (χ4n) is 0.721. The fourth-order valence-corrected chi connectivity index (χ4v) is 0.883. The van der Waals surface area contributed by atoms with E-state index in [1.54, 1.807) is 12.2 Å². The van der Waals surface area contributed by atoms with Gasteiger partial charge >= 0.3 is 0 Å². The monoisotopic (exact) mass is 142 g/mol. The third kappa shape index (κ3) is 1.22. The molecule has 1 unspecified atom stereocenters. The maximum Gasteiger partial charge on any atom is 0.158 e. The Bertz CT molecular complexity index is 181. The van der Waals surface area contributed by atoms with Crippen molar-refractivity contribution in [3.8, 4) is 0 Å². The van der Waals surface area contributed by atoms with E-state index >= 15 is 0 Å². The zero-order valence-electron chi connectivity index (χ0n) is 4.93. The van der Waals surface area contributed by atoms with Crippen LogP contribution in [0.4, 0.5) is 0 Å². The molecule has 0 aromatic heterocycles. The largest absolute Gasteiger partial charge is 0.297 e. The molecule has 48 valence electrons. The van der Waals surface area contributed by atoms with Gasteiger partial charge in [0.25, 0.3) is 0 Å². The first-order valence-corrected chi connectivity index (χ1v) is 3.17. The van der Waals surface area contributed by atoms with Crippen molar-refractivity contribution in [2.75, 3.05) is 0 Å². The Morgan fingerprint density at radius 3 is 2.89 bits per heavy atom. The van der Waals surface area contributed by atoms with Gasteiger partial charge in [-0.05, 0) is 5.57 Å². The van der Waals surface area contributed by atoms with E-state index in [1.165, 1.54) is 0 Å². The summed E-state index contributed by atoms with van der Waals surface area (Å²) in [4.78, 5) is 10.8. The molecule has 0 saturated carbocycles. The summed E-state index contributed by atoms with van der Waals surface area (Å²) in [7, 11) is 0. The van der Waals surface area contributed by atoms with Gasteiger partial charge in [-0.25, -0.2) is 0 Å². The molecule has 0 heterocycles. The van der Waals surface area contributed by atoms with Crippen molar-refractivity contribution in [2.45, 2.75) is 11.8 Å². The Kier molecular flexibility index (Phi) is 1.72. The summed E-state index contributed by atoms with van der Waals surface area (Å²) in [5, 5.41) is -0.477. The lowest BCUT2D eigenvalue weighted by Crippen LogP contribution is -2.17. The van der Waals surface area contributed by atoms with E-state index in [9.17, 15) is 4.79 Å². The summed E-state index contributed by atoms with van der Waals surface area (Å²) in [6.07, 6.45) is 4.02. The van der Waals surface area contributed by atoms with Crippen LogP contribution < -0.4 is 0 Å². The lowest BCUT2D eigenvalue weighted by atomic mass is 10.0. The molecule has 1 aliphatic rings. The summed E-state index contributed by atoms with van der Waals surface area (Å²) < 4.78 is 0. The van der Waals surface area contributed by atoms with Crippen molar-refractivity contribution < 1.29 is 4.79 Å². The van der Waals surface area contributed by atoms with Gasteiger partial charge in [-0.1, -0.05) is 18.7 Å². The van der Waals surface area contributed by atoms with Crippen molar-refractivity contribution in [1.29, 1.82) is 0 Å². The Labute approximate surface area is 59.0 Å². The van der Waals surface area contributed by atoms with E-state index in [0.29, 0.717) is 12.0 Å². The van der Waals surface area contributed by atoms with Crippen LogP contribution in [0.3, 0.4) is 0 Å². The Morgan fingerprint density at radius 2 is 2.44 bits per heavy atom. The number of carbonyl (C=O) groups is 1. The van der Waals surface area contributed by atoms with Crippen molar-refractivity contribution in [3.63, 3.8) is 0 Å². The first-order valence-electron chi connectivity index (χ1n) is 2.74. The first-order chi connectivity index (χ1) is 4.22. The molecular weight excluding hydrogens is 136 g/mol. The van der Waals surface area contributed by atoms with Gasteiger partial charge < -0.3 is 0 Å². The second kappa shape index (κ2) is 2.36. The molecule has 0 aromatic carbocycles. The average Bonchev–Trinajstić information content (AvgIpc) is 1.83. The highest BCUT2D eigenvalue weighted by Gasteiger charge is 2.18. The van der Waals surface area contributed by atoms with Crippen LogP contribution in [0.5, 0.6) is 0 Å².